The molecule has 112 valence electrons. The predicted molar refractivity (Wildman–Crippen MR) is 86.9 cm³/mol. The largest absolute Gasteiger partial charge is 0.346 e. The first-order chi connectivity index (χ1) is 10.9. The van der Waals surface area contributed by atoms with Crippen LogP contribution >= 0.6 is 0 Å². The monoisotopic (exact) mass is 293 g/mol. The van der Waals surface area contributed by atoms with Crippen molar-refractivity contribution in [2.75, 3.05) is 5.32 Å². The van der Waals surface area contributed by atoms with E-state index in [1.165, 1.54) is 5.56 Å². The van der Waals surface area contributed by atoms with Crippen LogP contribution in [0, 0.1) is 0 Å². The molecule has 0 radical (unpaired) electrons. The summed E-state index contributed by atoms with van der Waals surface area (Å²) < 4.78 is 1.73. The molecular formula is C17H19N5. The number of rotatable bonds is 6. The lowest BCUT2D eigenvalue weighted by Gasteiger charge is -2.18. The molecule has 0 amide bonds. The molecule has 5 heteroatoms. The van der Waals surface area contributed by atoms with E-state index in [9.17, 15) is 0 Å². The Balaban J connectivity index is 1.87. The lowest BCUT2D eigenvalue weighted by atomic mass is 10.0. The SMILES string of the molecule is CCC[C@@H](Nc1nnnn1-c1ccccc1)c1ccccc1. The van der Waals surface area contributed by atoms with Crippen molar-refractivity contribution in [3.63, 3.8) is 0 Å². The Morgan fingerprint density at radius 1 is 1.00 bits per heavy atom. The summed E-state index contributed by atoms with van der Waals surface area (Å²) >= 11 is 0. The van der Waals surface area contributed by atoms with Gasteiger partial charge in [0.2, 0.25) is 5.95 Å². The zero-order valence-corrected chi connectivity index (χ0v) is 12.6. The van der Waals surface area contributed by atoms with Crippen LogP contribution in [0.3, 0.4) is 0 Å². The van der Waals surface area contributed by atoms with Crippen molar-refractivity contribution in [1.82, 2.24) is 20.2 Å². The number of hydrogen-bond acceptors (Lipinski definition) is 4. The molecule has 0 saturated carbocycles. The van der Waals surface area contributed by atoms with Crippen molar-refractivity contribution in [3.8, 4) is 5.69 Å². The van der Waals surface area contributed by atoms with E-state index in [1.807, 2.05) is 36.4 Å². The van der Waals surface area contributed by atoms with Crippen LogP contribution in [0.25, 0.3) is 5.69 Å². The number of hydrogen-bond donors (Lipinski definition) is 1. The second kappa shape index (κ2) is 6.85. The third-order valence-electron chi connectivity index (χ3n) is 3.55. The maximum absolute atomic E-state index is 4.13. The molecule has 0 unspecified atom stereocenters. The van der Waals surface area contributed by atoms with Crippen molar-refractivity contribution < 1.29 is 0 Å². The van der Waals surface area contributed by atoms with E-state index in [0.717, 1.165) is 18.5 Å². The highest BCUT2D eigenvalue weighted by Crippen LogP contribution is 2.23. The van der Waals surface area contributed by atoms with Gasteiger partial charge >= 0.3 is 0 Å². The topological polar surface area (TPSA) is 55.6 Å². The summed E-state index contributed by atoms with van der Waals surface area (Å²) in [5.41, 5.74) is 2.19. The first kappa shape index (κ1) is 14.3. The minimum absolute atomic E-state index is 0.194. The molecule has 1 atom stereocenters. The first-order valence-corrected chi connectivity index (χ1v) is 7.53. The van der Waals surface area contributed by atoms with Gasteiger partial charge in [-0.15, -0.1) is 0 Å². The smallest absolute Gasteiger partial charge is 0.248 e. The Morgan fingerprint density at radius 2 is 1.68 bits per heavy atom. The molecular weight excluding hydrogens is 274 g/mol. The number of aromatic nitrogens is 4. The van der Waals surface area contributed by atoms with Crippen molar-refractivity contribution in [3.05, 3.63) is 66.2 Å². The summed E-state index contributed by atoms with van der Waals surface area (Å²) in [4.78, 5) is 0. The van der Waals surface area contributed by atoms with E-state index in [0.29, 0.717) is 5.95 Å². The Kier molecular flexibility index (Phi) is 4.44. The number of anilines is 1. The molecule has 3 rings (SSSR count). The van der Waals surface area contributed by atoms with Crippen LogP contribution in [0.4, 0.5) is 5.95 Å². The highest BCUT2D eigenvalue weighted by molar-refractivity contribution is 5.40. The molecule has 1 heterocycles. The molecule has 1 aromatic heterocycles. The molecule has 5 nitrogen and oxygen atoms in total. The average molecular weight is 293 g/mol. The molecule has 0 aliphatic heterocycles. The van der Waals surface area contributed by atoms with E-state index >= 15 is 0 Å². The van der Waals surface area contributed by atoms with Crippen LogP contribution in [0.1, 0.15) is 31.4 Å². The Bertz CT molecular complexity index is 693. The van der Waals surface area contributed by atoms with Crippen molar-refractivity contribution >= 4 is 5.95 Å². The van der Waals surface area contributed by atoms with Gasteiger partial charge < -0.3 is 5.32 Å². The number of para-hydroxylation sites is 1. The first-order valence-electron chi connectivity index (χ1n) is 7.53. The number of tetrazole rings is 1. The fourth-order valence-electron chi connectivity index (χ4n) is 2.47. The second-order valence-corrected chi connectivity index (χ2v) is 5.15. The van der Waals surface area contributed by atoms with Crippen molar-refractivity contribution in [2.45, 2.75) is 25.8 Å². The lowest BCUT2D eigenvalue weighted by Crippen LogP contribution is -2.14. The summed E-state index contributed by atoms with van der Waals surface area (Å²) in [6.07, 6.45) is 2.10. The number of nitrogens with zero attached hydrogens (tertiary/aromatic N) is 4. The molecule has 0 bridgehead atoms. The van der Waals surface area contributed by atoms with Gasteiger partial charge in [0.1, 0.15) is 0 Å². The van der Waals surface area contributed by atoms with Crippen molar-refractivity contribution in [1.29, 1.82) is 0 Å². The summed E-state index contributed by atoms with van der Waals surface area (Å²) in [5, 5.41) is 15.5. The number of nitrogens with one attached hydrogen (secondary N) is 1. The van der Waals surface area contributed by atoms with E-state index in [-0.39, 0.29) is 6.04 Å². The third kappa shape index (κ3) is 3.14. The van der Waals surface area contributed by atoms with Gasteiger partial charge in [0.25, 0.3) is 0 Å². The lowest BCUT2D eigenvalue weighted by molar-refractivity contribution is 0.666. The van der Waals surface area contributed by atoms with Gasteiger partial charge in [-0.1, -0.05) is 67.0 Å². The van der Waals surface area contributed by atoms with E-state index in [4.69, 9.17) is 0 Å². The normalized spacial score (nSPS) is 12.0. The highest BCUT2D eigenvalue weighted by Gasteiger charge is 2.15. The van der Waals surface area contributed by atoms with Gasteiger partial charge in [-0.2, -0.15) is 4.68 Å². The van der Waals surface area contributed by atoms with Crippen molar-refractivity contribution in [2.24, 2.45) is 0 Å². The zero-order chi connectivity index (χ0) is 15.2. The van der Waals surface area contributed by atoms with E-state index in [1.54, 1.807) is 4.68 Å². The van der Waals surface area contributed by atoms with Gasteiger partial charge in [-0.05, 0) is 34.5 Å². The maximum Gasteiger partial charge on any atom is 0.248 e. The van der Waals surface area contributed by atoms with Crippen LogP contribution in [0.2, 0.25) is 0 Å². The minimum Gasteiger partial charge on any atom is -0.346 e. The molecule has 0 saturated heterocycles. The fraction of sp³-hybridized carbons (Fsp3) is 0.235. The second-order valence-electron chi connectivity index (χ2n) is 5.15. The maximum atomic E-state index is 4.13. The minimum atomic E-state index is 0.194. The third-order valence-corrected chi connectivity index (χ3v) is 3.55. The summed E-state index contributed by atoms with van der Waals surface area (Å²) in [7, 11) is 0. The summed E-state index contributed by atoms with van der Waals surface area (Å²) in [5.74, 6) is 0.661. The van der Waals surface area contributed by atoms with E-state index in [2.05, 4.69) is 52.0 Å². The Morgan fingerprint density at radius 3 is 2.36 bits per heavy atom. The zero-order valence-electron chi connectivity index (χ0n) is 12.6. The fourth-order valence-corrected chi connectivity index (χ4v) is 2.47. The molecule has 3 aromatic rings. The van der Waals surface area contributed by atoms with Crippen LogP contribution < -0.4 is 5.32 Å². The quantitative estimate of drug-likeness (QED) is 0.754. The molecule has 0 fully saturated rings. The average Bonchev–Trinajstić information content (AvgIpc) is 3.04. The molecule has 22 heavy (non-hydrogen) atoms. The van der Waals surface area contributed by atoms with Crippen LogP contribution in [-0.4, -0.2) is 20.2 Å². The van der Waals surface area contributed by atoms with Crippen LogP contribution in [0.5, 0.6) is 0 Å². The molecule has 1 N–H and O–H groups in total. The van der Waals surface area contributed by atoms with Gasteiger partial charge in [-0.3, -0.25) is 0 Å². The van der Waals surface area contributed by atoms with E-state index < -0.39 is 0 Å². The summed E-state index contributed by atoms with van der Waals surface area (Å²) in [6, 6.07) is 20.5. The summed E-state index contributed by atoms with van der Waals surface area (Å²) in [6.45, 7) is 2.18. The van der Waals surface area contributed by atoms with Gasteiger partial charge in [-0.25, -0.2) is 0 Å². The van der Waals surface area contributed by atoms with Gasteiger partial charge in [0.15, 0.2) is 0 Å². The molecule has 0 aliphatic carbocycles. The van der Waals surface area contributed by atoms with Gasteiger partial charge in [0.05, 0.1) is 11.7 Å². The molecule has 2 aromatic carbocycles. The highest BCUT2D eigenvalue weighted by atomic mass is 15.6. The van der Waals surface area contributed by atoms with Crippen LogP contribution in [0.15, 0.2) is 60.7 Å². The standard InChI is InChI=1S/C17H19N5/c1-2-9-16(14-10-5-3-6-11-14)18-17-19-20-21-22(17)15-12-7-4-8-13-15/h3-8,10-13,16H,2,9H2,1H3,(H,18,19,21)/t16-/m1/s1. The van der Waals surface area contributed by atoms with Crippen LogP contribution in [-0.2, 0) is 0 Å². The Labute approximate surface area is 130 Å². The molecule has 0 aliphatic rings. The van der Waals surface area contributed by atoms with Gasteiger partial charge in [0, 0.05) is 0 Å². The predicted octanol–water partition coefficient (Wildman–Crippen LogP) is 3.62. The Hall–Kier alpha value is -2.69. The molecule has 0 spiro atoms. The number of benzene rings is 2.